The van der Waals surface area contributed by atoms with Crippen molar-refractivity contribution in [2.75, 3.05) is 5.75 Å². The van der Waals surface area contributed by atoms with Crippen LogP contribution in [0.4, 0.5) is 0 Å². The van der Waals surface area contributed by atoms with E-state index in [0.29, 0.717) is 0 Å². The van der Waals surface area contributed by atoms with Gasteiger partial charge in [-0.05, 0) is 43.9 Å². The second-order valence-corrected chi connectivity index (χ2v) is 6.03. The van der Waals surface area contributed by atoms with Gasteiger partial charge in [0.05, 0.1) is 4.90 Å². The number of thioether (sulfide) groups is 1. The molecule has 0 aliphatic rings. The van der Waals surface area contributed by atoms with E-state index in [0.717, 1.165) is 10.6 Å². The van der Waals surface area contributed by atoms with Crippen LogP contribution >= 0.6 is 11.8 Å². The Hall–Kier alpha value is -0.320. The van der Waals surface area contributed by atoms with E-state index in [2.05, 4.69) is 11.6 Å². The summed E-state index contributed by atoms with van der Waals surface area (Å²) in [5.74, 6) is 1.06. The molecule has 1 atom stereocenters. The zero-order chi connectivity index (χ0) is 11.3. The molecule has 0 fully saturated rings. The minimum Gasteiger partial charge on any atom is -0.237 e. The van der Waals surface area contributed by atoms with E-state index in [1.54, 1.807) is 11.8 Å². The molecule has 84 valence electrons. The first-order chi connectivity index (χ1) is 7.13. The van der Waals surface area contributed by atoms with Crippen LogP contribution in [-0.2, 0) is 11.0 Å². The van der Waals surface area contributed by atoms with Crippen molar-refractivity contribution >= 4 is 22.7 Å². The van der Waals surface area contributed by atoms with Gasteiger partial charge in [-0.25, -0.2) is 8.93 Å². The lowest BCUT2D eigenvalue weighted by atomic mass is 10.4. The van der Waals surface area contributed by atoms with Gasteiger partial charge in [-0.3, -0.25) is 0 Å². The molecule has 4 heteroatoms. The van der Waals surface area contributed by atoms with Crippen LogP contribution in [0.25, 0.3) is 0 Å². The van der Waals surface area contributed by atoms with Gasteiger partial charge in [0.15, 0.2) is 0 Å². The van der Waals surface area contributed by atoms with E-state index >= 15 is 0 Å². The van der Waals surface area contributed by atoms with Gasteiger partial charge in [0.1, 0.15) is 11.0 Å². The fraction of sp³-hybridized carbons (Fsp3) is 0.455. The minimum absolute atomic E-state index is 0.232. The predicted octanol–water partition coefficient (Wildman–Crippen LogP) is 2.82. The molecule has 0 spiro atoms. The van der Waals surface area contributed by atoms with E-state index in [-0.39, 0.29) is 6.04 Å². The van der Waals surface area contributed by atoms with E-state index in [1.165, 1.54) is 4.90 Å². The molecular formula is C11H17NOS2. The van der Waals surface area contributed by atoms with Crippen molar-refractivity contribution in [1.82, 2.24) is 4.72 Å². The van der Waals surface area contributed by atoms with Gasteiger partial charge in [0.25, 0.3) is 0 Å². The van der Waals surface area contributed by atoms with Gasteiger partial charge in [0.2, 0.25) is 0 Å². The molecule has 1 aromatic rings. The second-order valence-electron chi connectivity index (χ2n) is 3.45. The normalized spacial score (nSPS) is 13.1. The van der Waals surface area contributed by atoms with E-state index < -0.39 is 11.0 Å². The number of benzene rings is 1. The topological polar surface area (TPSA) is 29.1 Å². The lowest BCUT2D eigenvalue weighted by molar-refractivity contribution is 0.656. The second kappa shape index (κ2) is 6.30. The van der Waals surface area contributed by atoms with E-state index in [9.17, 15) is 4.21 Å². The summed E-state index contributed by atoms with van der Waals surface area (Å²) >= 11 is 1.79. The predicted molar refractivity (Wildman–Crippen MR) is 67.5 cm³/mol. The Kier molecular flexibility index (Phi) is 5.36. The quantitative estimate of drug-likeness (QED) is 0.806. The standard InChI is InChI=1S/C11H17NOS2/c1-4-14-10-5-7-11(8-6-10)15(13)12-9(2)3/h5-9,12H,4H2,1-3H3. The van der Waals surface area contributed by atoms with Crippen LogP contribution in [0.3, 0.4) is 0 Å². The molecule has 0 heterocycles. The monoisotopic (exact) mass is 243 g/mol. The summed E-state index contributed by atoms with van der Waals surface area (Å²) < 4.78 is 14.7. The molecule has 15 heavy (non-hydrogen) atoms. The third-order valence-electron chi connectivity index (χ3n) is 1.69. The molecule has 0 bridgehead atoms. The summed E-state index contributed by atoms with van der Waals surface area (Å²) in [7, 11) is -1.08. The minimum atomic E-state index is -1.08. The smallest absolute Gasteiger partial charge is 0.125 e. The van der Waals surface area contributed by atoms with Gasteiger partial charge >= 0.3 is 0 Å². The zero-order valence-corrected chi connectivity index (χ0v) is 11.0. The molecule has 2 nitrogen and oxygen atoms in total. The lowest BCUT2D eigenvalue weighted by Gasteiger charge is -2.07. The maximum atomic E-state index is 11.7. The molecule has 0 aromatic heterocycles. The Morgan fingerprint density at radius 2 is 1.93 bits per heavy atom. The molecule has 0 aliphatic carbocycles. The summed E-state index contributed by atoms with van der Waals surface area (Å²) in [6.07, 6.45) is 0. The van der Waals surface area contributed by atoms with Crippen molar-refractivity contribution in [3.05, 3.63) is 24.3 Å². The molecule has 0 radical (unpaired) electrons. The Labute approximate surface area is 98.4 Å². The highest BCUT2D eigenvalue weighted by molar-refractivity contribution is 7.99. The van der Waals surface area contributed by atoms with Crippen LogP contribution in [0.5, 0.6) is 0 Å². The van der Waals surface area contributed by atoms with Crippen LogP contribution in [-0.4, -0.2) is 16.0 Å². The average Bonchev–Trinajstić information content (AvgIpc) is 2.18. The molecule has 0 amide bonds. The fourth-order valence-corrected chi connectivity index (χ4v) is 2.72. The first-order valence-electron chi connectivity index (χ1n) is 5.04. The first-order valence-corrected chi connectivity index (χ1v) is 7.17. The number of hydrogen-bond acceptors (Lipinski definition) is 2. The summed E-state index contributed by atoms with van der Waals surface area (Å²) in [6.45, 7) is 6.09. The number of rotatable bonds is 5. The van der Waals surface area contributed by atoms with Crippen molar-refractivity contribution in [3.63, 3.8) is 0 Å². The highest BCUT2D eigenvalue weighted by Gasteiger charge is 2.04. The van der Waals surface area contributed by atoms with Crippen LogP contribution in [0.15, 0.2) is 34.1 Å². The molecule has 0 saturated heterocycles. The number of hydrogen-bond donors (Lipinski definition) is 1. The van der Waals surface area contributed by atoms with Crippen LogP contribution in [0, 0.1) is 0 Å². The summed E-state index contributed by atoms with van der Waals surface area (Å²) in [5, 5.41) is 0. The Morgan fingerprint density at radius 1 is 1.33 bits per heavy atom. The third kappa shape index (κ3) is 4.36. The van der Waals surface area contributed by atoms with Crippen LogP contribution < -0.4 is 4.72 Å². The summed E-state index contributed by atoms with van der Waals surface area (Å²) in [5.41, 5.74) is 0. The van der Waals surface area contributed by atoms with Gasteiger partial charge in [-0.15, -0.1) is 11.8 Å². The van der Waals surface area contributed by atoms with Gasteiger partial charge < -0.3 is 0 Å². The van der Waals surface area contributed by atoms with Crippen molar-refractivity contribution < 1.29 is 4.21 Å². The largest absolute Gasteiger partial charge is 0.237 e. The lowest BCUT2D eigenvalue weighted by Crippen LogP contribution is -2.24. The molecule has 1 aromatic carbocycles. The molecule has 1 rings (SSSR count). The highest BCUT2D eigenvalue weighted by atomic mass is 32.2. The molecule has 1 N–H and O–H groups in total. The Bertz CT molecular complexity index is 322. The number of nitrogens with one attached hydrogen (secondary N) is 1. The maximum Gasteiger partial charge on any atom is 0.125 e. The van der Waals surface area contributed by atoms with Crippen molar-refractivity contribution in [3.8, 4) is 0 Å². The molecular weight excluding hydrogens is 226 g/mol. The Morgan fingerprint density at radius 3 is 2.40 bits per heavy atom. The van der Waals surface area contributed by atoms with Gasteiger partial charge in [0, 0.05) is 10.9 Å². The maximum absolute atomic E-state index is 11.7. The van der Waals surface area contributed by atoms with Gasteiger partial charge in [-0.1, -0.05) is 6.92 Å². The highest BCUT2D eigenvalue weighted by Crippen LogP contribution is 2.18. The zero-order valence-electron chi connectivity index (χ0n) is 9.32. The Balaban J connectivity index is 2.67. The van der Waals surface area contributed by atoms with E-state index in [1.807, 2.05) is 38.1 Å². The molecule has 1 unspecified atom stereocenters. The first kappa shape index (κ1) is 12.7. The molecule has 0 aliphatic heterocycles. The molecule has 0 saturated carbocycles. The summed E-state index contributed by atoms with van der Waals surface area (Å²) in [4.78, 5) is 2.06. The van der Waals surface area contributed by atoms with E-state index in [4.69, 9.17) is 0 Å². The van der Waals surface area contributed by atoms with Crippen LogP contribution in [0.2, 0.25) is 0 Å². The van der Waals surface area contributed by atoms with Crippen molar-refractivity contribution in [2.45, 2.75) is 36.6 Å². The van der Waals surface area contributed by atoms with Crippen LogP contribution in [0.1, 0.15) is 20.8 Å². The average molecular weight is 243 g/mol. The van der Waals surface area contributed by atoms with Crippen molar-refractivity contribution in [2.24, 2.45) is 0 Å². The third-order valence-corrected chi connectivity index (χ3v) is 3.97. The van der Waals surface area contributed by atoms with Gasteiger partial charge in [-0.2, -0.15) is 0 Å². The SMILES string of the molecule is CCSc1ccc(S(=O)NC(C)C)cc1. The van der Waals surface area contributed by atoms with Crippen molar-refractivity contribution in [1.29, 1.82) is 0 Å². The summed E-state index contributed by atoms with van der Waals surface area (Å²) in [6, 6.07) is 8.11. The fourth-order valence-electron chi connectivity index (χ4n) is 1.11.